The van der Waals surface area contributed by atoms with Gasteiger partial charge in [0.25, 0.3) is 0 Å². The lowest BCUT2D eigenvalue weighted by Gasteiger charge is -2.19. The van der Waals surface area contributed by atoms with E-state index in [1.165, 1.54) is 0 Å². The van der Waals surface area contributed by atoms with Gasteiger partial charge in [0.15, 0.2) is 0 Å². The molecular weight excluding hydrogens is 577 g/mol. The zero-order valence-electron chi connectivity index (χ0n) is 27.0. The molecule has 0 atom stereocenters. The van der Waals surface area contributed by atoms with Crippen LogP contribution < -0.4 is 0 Å². The number of alkyl halides is 1. The minimum atomic E-state index is -0.518. The van der Waals surface area contributed by atoms with Gasteiger partial charge in [0.05, 0.1) is 25.6 Å². The summed E-state index contributed by atoms with van der Waals surface area (Å²) >= 11 is 5.42. The fourth-order valence-electron chi connectivity index (χ4n) is 2.59. The van der Waals surface area contributed by atoms with Crippen molar-refractivity contribution >= 4 is 29.5 Å². The van der Waals surface area contributed by atoms with Crippen molar-refractivity contribution in [1.82, 2.24) is 0 Å². The molecule has 7 nitrogen and oxygen atoms in total. The van der Waals surface area contributed by atoms with E-state index >= 15 is 0 Å². The van der Waals surface area contributed by atoms with E-state index in [0.29, 0.717) is 49.4 Å². The number of allylic oxidation sites excluding steroid dienone is 2. The van der Waals surface area contributed by atoms with E-state index in [1.807, 2.05) is 27.7 Å². The van der Waals surface area contributed by atoms with Crippen LogP contribution in [0.3, 0.4) is 0 Å². The predicted octanol–water partition coefficient (Wildman–Crippen LogP) is 8.53. The van der Waals surface area contributed by atoms with Crippen molar-refractivity contribution in [3.63, 3.8) is 0 Å². The van der Waals surface area contributed by atoms with Crippen molar-refractivity contribution < 1.29 is 46.9 Å². The zero-order valence-corrected chi connectivity index (χ0v) is 27.8. The summed E-state index contributed by atoms with van der Waals surface area (Å²) < 4.78 is 51.3. The average Bonchev–Trinajstić information content (AvgIpc) is 2.83. The van der Waals surface area contributed by atoms with Gasteiger partial charge in [-0.25, -0.2) is 13.2 Å². The first-order chi connectivity index (χ1) is 19.2. The summed E-state index contributed by atoms with van der Waals surface area (Å²) in [6, 6.07) is 0. The van der Waals surface area contributed by atoms with Gasteiger partial charge in [0.2, 0.25) is 0 Å². The number of carbonyl (C=O) groups is 3. The highest BCUT2D eigenvalue weighted by Crippen LogP contribution is 2.15. The molecule has 0 saturated heterocycles. The van der Waals surface area contributed by atoms with Crippen molar-refractivity contribution in [2.45, 2.75) is 131 Å². The van der Waals surface area contributed by atoms with Crippen LogP contribution in [-0.4, -0.2) is 52.3 Å². The Morgan fingerprint density at radius 1 is 0.595 bits per heavy atom. The molecule has 0 bridgehead atoms. The molecule has 0 unspecified atom stereocenters. The Hall–Kier alpha value is -2.33. The monoisotopic (exact) mass is 628 g/mol. The van der Waals surface area contributed by atoms with Crippen LogP contribution in [0.25, 0.3) is 0 Å². The van der Waals surface area contributed by atoms with Crippen LogP contribution in [0, 0.1) is 0 Å². The van der Waals surface area contributed by atoms with Crippen LogP contribution in [0.1, 0.15) is 114 Å². The topological polar surface area (TPSA) is 99.1 Å². The van der Waals surface area contributed by atoms with Gasteiger partial charge in [-0.1, -0.05) is 6.92 Å². The molecule has 246 valence electrons. The Kier molecular flexibility index (Phi) is 24.3. The highest BCUT2D eigenvalue weighted by molar-refractivity contribution is 6.19. The first-order valence-corrected chi connectivity index (χ1v) is 14.4. The summed E-state index contributed by atoms with van der Waals surface area (Å²) in [4.78, 5) is 33.5. The van der Waals surface area contributed by atoms with Gasteiger partial charge < -0.3 is 19.3 Å². The molecule has 0 aromatic heterocycles. The molecule has 0 aliphatic carbocycles. The molecule has 11 heteroatoms. The largest absolute Gasteiger partial charge is 0.460 e. The van der Waals surface area contributed by atoms with Gasteiger partial charge >= 0.3 is 17.9 Å². The Labute approximate surface area is 255 Å². The summed E-state index contributed by atoms with van der Waals surface area (Å²) in [6.07, 6.45) is 3.44. The zero-order chi connectivity index (χ0) is 33.6. The molecule has 0 radical (unpaired) electrons. The number of carbonyl (C=O) groups excluding carboxylic acids is 3. The standard InChI is InChI=1S/C11H19FO2.C10H16ClFO2.C10H17FO3/c1-5-9(8-12)6-7-10(13)14-11(2,3)4;2*1-10(2,3)14-9(13)5-4-8(6-11)7-12/h8H,5-7H2,1-4H3;7H,4-6H2,1-3H3;6,12H,4-5,7H2,1-3H3. The van der Waals surface area contributed by atoms with E-state index in [9.17, 15) is 27.6 Å². The fourth-order valence-corrected chi connectivity index (χ4v) is 2.78. The van der Waals surface area contributed by atoms with Gasteiger partial charge in [-0.15, -0.1) is 11.6 Å². The van der Waals surface area contributed by atoms with E-state index < -0.39 is 16.8 Å². The minimum absolute atomic E-state index is 0.0909. The molecule has 42 heavy (non-hydrogen) atoms. The molecule has 0 spiro atoms. The van der Waals surface area contributed by atoms with Crippen LogP contribution in [-0.2, 0) is 28.6 Å². The number of aliphatic hydroxyl groups is 1. The Morgan fingerprint density at radius 3 is 1.10 bits per heavy atom. The molecule has 0 amide bonds. The molecule has 0 aromatic rings. The van der Waals surface area contributed by atoms with E-state index in [1.54, 1.807) is 41.5 Å². The summed E-state index contributed by atoms with van der Waals surface area (Å²) in [7, 11) is 0. The van der Waals surface area contributed by atoms with Crippen molar-refractivity contribution in [3.8, 4) is 0 Å². The predicted molar refractivity (Wildman–Crippen MR) is 161 cm³/mol. The first-order valence-electron chi connectivity index (χ1n) is 13.8. The van der Waals surface area contributed by atoms with Crippen molar-refractivity contribution in [2.24, 2.45) is 0 Å². The molecule has 1 N–H and O–H groups in total. The van der Waals surface area contributed by atoms with E-state index in [-0.39, 0.29) is 61.7 Å². The third-order valence-electron chi connectivity index (χ3n) is 4.50. The number of ether oxygens (including phenoxy) is 3. The van der Waals surface area contributed by atoms with E-state index in [0.717, 1.165) is 0 Å². The smallest absolute Gasteiger partial charge is 0.306 e. The Morgan fingerprint density at radius 2 is 0.881 bits per heavy atom. The van der Waals surface area contributed by atoms with Crippen LogP contribution in [0.15, 0.2) is 35.7 Å². The SMILES string of the molecule is CC(C)(C)OC(=O)CCC(=CF)CCl.CC(C)(C)OC(=O)CCC(=CF)CO.CCC(=CF)CCC(=O)OC(C)(C)C. The lowest BCUT2D eigenvalue weighted by atomic mass is 10.1. The highest BCUT2D eigenvalue weighted by atomic mass is 35.5. The first kappa shape index (κ1) is 44.1. The molecular formula is C31H52ClF3O7. The van der Waals surface area contributed by atoms with Crippen molar-refractivity contribution in [2.75, 3.05) is 12.5 Å². The lowest BCUT2D eigenvalue weighted by molar-refractivity contribution is -0.155. The quantitative estimate of drug-likeness (QED) is 0.131. The number of halogens is 4. The highest BCUT2D eigenvalue weighted by Gasteiger charge is 2.18. The van der Waals surface area contributed by atoms with Crippen molar-refractivity contribution in [3.05, 3.63) is 35.7 Å². The number of hydrogen-bond donors (Lipinski definition) is 1. The minimum Gasteiger partial charge on any atom is -0.460 e. The Bertz CT molecular complexity index is 764. The maximum absolute atomic E-state index is 12.1. The van der Waals surface area contributed by atoms with Gasteiger partial charge in [-0.05, 0) is 105 Å². The second-order valence-corrected chi connectivity index (χ2v) is 12.5. The summed E-state index contributed by atoms with van der Waals surface area (Å²) in [6.45, 7) is 17.6. The van der Waals surface area contributed by atoms with Crippen molar-refractivity contribution in [1.29, 1.82) is 0 Å². The average molecular weight is 629 g/mol. The van der Waals surface area contributed by atoms with E-state index in [2.05, 4.69) is 0 Å². The van der Waals surface area contributed by atoms with Gasteiger partial charge in [-0.3, -0.25) is 14.4 Å². The molecule has 0 aliphatic rings. The normalized spacial score (nSPS) is 12.8. The maximum atomic E-state index is 12.1. The van der Waals surface area contributed by atoms with Gasteiger partial charge in [0.1, 0.15) is 16.8 Å². The maximum Gasteiger partial charge on any atom is 0.306 e. The second-order valence-electron chi connectivity index (χ2n) is 12.2. The molecule has 0 rings (SSSR count). The second kappa shape index (κ2) is 23.2. The molecule has 0 saturated carbocycles. The summed E-state index contributed by atoms with van der Waals surface area (Å²) in [5, 5.41) is 8.61. The number of rotatable bonds is 12. The lowest BCUT2D eigenvalue weighted by Crippen LogP contribution is -2.23. The number of hydrogen-bond acceptors (Lipinski definition) is 7. The van der Waals surface area contributed by atoms with Crippen LogP contribution in [0.2, 0.25) is 0 Å². The molecule has 0 fully saturated rings. The number of esters is 3. The van der Waals surface area contributed by atoms with Gasteiger partial charge in [-0.2, -0.15) is 0 Å². The molecule has 0 aromatic carbocycles. The summed E-state index contributed by atoms with van der Waals surface area (Å²) in [5.74, 6) is -0.878. The van der Waals surface area contributed by atoms with Crippen LogP contribution in [0.4, 0.5) is 13.2 Å². The van der Waals surface area contributed by atoms with Gasteiger partial charge in [0, 0.05) is 25.1 Å². The molecule has 0 aliphatic heterocycles. The van der Waals surface area contributed by atoms with Crippen LogP contribution >= 0.6 is 11.6 Å². The fraction of sp³-hybridized carbons (Fsp3) is 0.710. The molecule has 0 heterocycles. The third-order valence-corrected chi connectivity index (χ3v) is 4.85. The Balaban J connectivity index is -0.000000543. The van der Waals surface area contributed by atoms with Crippen LogP contribution in [0.5, 0.6) is 0 Å². The van der Waals surface area contributed by atoms with E-state index in [4.69, 9.17) is 30.9 Å². The third kappa shape index (κ3) is 32.2. The number of aliphatic hydroxyl groups excluding tert-OH is 1. The summed E-state index contributed by atoms with van der Waals surface area (Å²) in [5.41, 5.74) is -0.194.